The van der Waals surface area contributed by atoms with Crippen LogP contribution in [0.15, 0.2) is 0 Å². The van der Waals surface area contributed by atoms with Crippen LogP contribution >= 0.6 is 0 Å². The van der Waals surface area contributed by atoms with E-state index in [0.717, 1.165) is 13.0 Å². The lowest BCUT2D eigenvalue weighted by molar-refractivity contribution is -0.138. The minimum atomic E-state index is -0.617. The van der Waals surface area contributed by atoms with E-state index in [4.69, 9.17) is 4.74 Å². The lowest BCUT2D eigenvalue weighted by Gasteiger charge is -2.21. The maximum Gasteiger partial charge on any atom is 0.160 e. The molecule has 0 aliphatic rings. The number of rotatable bonds is 6. The fourth-order valence-corrected chi connectivity index (χ4v) is 0.678. The van der Waals surface area contributed by atoms with Crippen LogP contribution in [0.3, 0.4) is 0 Å². The zero-order valence-electron chi connectivity index (χ0n) is 8.44. The van der Waals surface area contributed by atoms with Crippen LogP contribution in [0, 0.1) is 0 Å². The van der Waals surface area contributed by atoms with E-state index in [1.54, 1.807) is 20.8 Å². The highest BCUT2D eigenvalue weighted by Gasteiger charge is 2.23. The Bertz CT molecular complexity index is 143. The van der Waals surface area contributed by atoms with Gasteiger partial charge in [0.25, 0.3) is 0 Å². The van der Waals surface area contributed by atoms with Crippen molar-refractivity contribution in [2.45, 2.75) is 32.8 Å². The average molecular weight is 173 g/mol. The second kappa shape index (κ2) is 5.27. The summed E-state index contributed by atoms with van der Waals surface area (Å²) in [5.74, 6) is 0.0759. The van der Waals surface area contributed by atoms with Gasteiger partial charge in [0.05, 0.1) is 0 Å². The van der Waals surface area contributed by atoms with Crippen LogP contribution in [0.4, 0.5) is 0 Å². The first kappa shape index (κ1) is 11.6. The highest BCUT2D eigenvalue weighted by atomic mass is 16.5. The third-order valence-corrected chi connectivity index (χ3v) is 1.88. The Morgan fingerprint density at radius 3 is 2.50 bits per heavy atom. The number of carbonyl (C=O) groups excluding carboxylic acids is 1. The molecule has 0 rings (SSSR count). The number of hydrogen-bond donors (Lipinski definition) is 1. The van der Waals surface area contributed by atoms with Gasteiger partial charge < -0.3 is 10.1 Å². The number of ketones is 1. The molecule has 0 spiro atoms. The van der Waals surface area contributed by atoms with Crippen LogP contribution in [-0.2, 0) is 9.53 Å². The highest BCUT2D eigenvalue weighted by molar-refractivity contribution is 5.83. The number of ether oxygens (including phenoxy) is 1. The molecule has 3 heteroatoms. The van der Waals surface area contributed by atoms with Crippen LogP contribution in [0.25, 0.3) is 0 Å². The molecule has 1 N–H and O–H groups in total. The zero-order chi connectivity index (χ0) is 9.61. The molecule has 0 aromatic rings. The smallest absolute Gasteiger partial charge is 0.160 e. The van der Waals surface area contributed by atoms with Crippen LogP contribution < -0.4 is 5.32 Å². The molecule has 72 valence electrons. The largest absolute Gasteiger partial charge is 0.368 e. The maximum absolute atomic E-state index is 11.0. The second-order valence-corrected chi connectivity index (χ2v) is 3.37. The summed E-state index contributed by atoms with van der Waals surface area (Å²) in [4.78, 5) is 11.0. The standard InChI is InChI=1S/C9H19NO2/c1-8(11)9(2,3)12-7-5-6-10-4/h10H,5-7H2,1-4H3. The average Bonchev–Trinajstić information content (AvgIpc) is 1.98. The molecule has 0 heterocycles. The number of hydrogen-bond acceptors (Lipinski definition) is 3. The third kappa shape index (κ3) is 4.46. The van der Waals surface area contributed by atoms with E-state index in [1.165, 1.54) is 0 Å². The number of nitrogens with one attached hydrogen (secondary N) is 1. The molecule has 0 aliphatic carbocycles. The Balaban J connectivity index is 3.54. The Labute approximate surface area is 74.5 Å². The molecule has 0 unspecified atom stereocenters. The van der Waals surface area contributed by atoms with Gasteiger partial charge in [-0.15, -0.1) is 0 Å². The van der Waals surface area contributed by atoms with Crippen molar-refractivity contribution in [1.29, 1.82) is 0 Å². The van der Waals surface area contributed by atoms with Crippen molar-refractivity contribution in [2.24, 2.45) is 0 Å². The summed E-state index contributed by atoms with van der Waals surface area (Å²) in [6.07, 6.45) is 0.938. The molecule has 0 radical (unpaired) electrons. The van der Waals surface area contributed by atoms with Crippen molar-refractivity contribution in [1.82, 2.24) is 5.32 Å². The summed E-state index contributed by atoms with van der Waals surface area (Å²) in [7, 11) is 1.90. The number of carbonyl (C=O) groups is 1. The van der Waals surface area contributed by atoms with Crippen LogP contribution in [0.5, 0.6) is 0 Å². The van der Waals surface area contributed by atoms with Gasteiger partial charge in [0, 0.05) is 6.61 Å². The van der Waals surface area contributed by atoms with E-state index in [0.29, 0.717) is 6.61 Å². The van der Waals surface area contributed by atoms with Crippen LogP contribution in [-0.4, -0.2) is 31.6 Å². The van der Waals surface area contributed by atoms with E-state index in [1.807, 2.05) is 7.05 Å². The SMILES string of the molecule is CNCCCOC(C)(C)C(C)=O. The minimum absolute atomic E-state index is 0.0759. The van der Waals surface area contributed by atoms with Gasteiger partial charge in [0.2, 0.25) is 0 Å². The van der Waals surface area contributed by atoms with Gasteiger partial charge in [-0.2, -0.15) is 0 Å². The molecule has 0 saturated heterocycles. The predicted molar refractivity (Wildman–Crippen MR) is 49.3 cm³/mol. The zero-order valence-corrected chi connectivity index (χ0v) is 8.44. The lowest BCUT2D eigenvalue weighted by Crippen LogP contribution is -2.33. The molecule has 12 heavy (non-hydrogen) atoms. The van der Waals surface area contributed by atoms with Gasteiger partial charge in [0.15, 0.2) is 5.78 Å². The lowest BCUT2D eigenvalue weighted by atomic mass is 10.1. The van der Waals surface area contributed by atoms with E-state index in [2.05, 4.69) is 5.32 Å². The molecule has 0 aromatic carbocycles. The summed E-state index contributed by atoms with van der Waals surface area (Å²) >= 11 is 0. The van der Waals surface area contributed by atoms with Gasteiger partial charge in [-0.1, -0.05) is 0 Å². The van der Waals surface area contributed by atoms with Gasteiger partial charge >= 0.3 is 0 Å². The Kier molecular flexibility index (Phi) is 5.09. The van der Waals surface area contributed by atoms with Crippen molar-refractivity contribution in [3.8, 4) is 0 Å². The summed E-state index contributed by atoms with van der Waals surface area (Å²) in [5.41, 5.74) is -0.617. The molecule has 0 fully saturated rings. The first-order valence-electron chi connectivity index (χ1n) is 4.30. The highest BCUT2D eigenvalue weighted by Crippen LogP contribution is 2.10. The fourth-order valence-electron chi connectivity index (χ4n) is 0.678. The van der Waals surface area contributed by atoms with Gasteiger partial charge in [-0.3, -0.25) is 4.79 Å². The van der Waals surface area contributed by atoms with Gasteiger partial charge in [-0.05, 0) is 40.8 Å². The molecule has 0 bridgehead atoms. The molecule has 0 amide bonds. The maximum atomic E-state index is 11.0. The molecule has 0 aliphatic heterocycles. The van der Waals surface area contributed by atoms with E-state index < -0.39 is 5.60 Å². The topological polar surface area (TPSA) is 38.3 Å². The van der Waals surface area contributed by atoms with Crippen molar-refractivity contribution in [3.63, 3.8) is 0 Å². The normalized spacial score (nSPS) is 11.7. The third-order valence-electron chi connectivity index (χ3n) is 1.88. The second-order valence-electron chi connectivity index (χ2n) is 3.37. The summed E-state index contributed by atoms with van der Waals surface area (Å²) in [5, 5.41) is 3.02. The quantitative estimate of drug-likeness (QED) is 0.608. The number of Topliss-reactive ketones (excluding diaryl/α,β-unsaturated/α-hetero) is 1. The van der Waals surface area contributed by atoms with Gasteiger partial charge in [-0.25, -0.2) is 0 Å². The van der Waals surface area contributed by atoms with Crippen LogP contribution in [0.1, 0.15) is 27.2 Å². The fraction of sp³-hybridized carbons (Fsp3) is 0.889. The molecular weight excluding hydrogens is 154 g/mol. The van der Waals surface area contributed by atoms with Crippen molar-refractivity contribution >= 4 is 5.78 Å². The Morgan fingerprint density at radius 1 is 1.50 bits per heavy atom. The van der Waals surface area contributed by atoms with Gasteiger partial charge in [0.1, 0.15) is 5.60 Å². The van der Waals surface area contributed by atoms with Crippen molar-refractivity contribution in [2.75, 3.05) is 20.2 Å². The van der Waals surface area contributed by atoms with Crippen molar-refractivity contribution in [3.05, 3.63) is 0 Å². The first-order chi connectivity index (χ1) is 5.50. The first-order valence-corrected chi connectivity index (χ1v) is 4.30. The molecule has 0 saturated carbocycles. The summed E-state index contributed by atoms with van der Waals surface area (Å²) < 4.78 is 5.40. The summed E-state index contributed by atoms with van der Waals surface area (Å²) in [6.45, 7) is 6.71. The molecular formula is C9H19NO2. The molecule has 3 nitrogen and oxygen atoms in total. The van der Waals surface area contributed by atoms with E-state index >= 15 is 0 Å². The molecule has 0 atom stereocenters. The van der Waals surface area contributed by atoms with E-state index in [-0.39, 0.29) is 5.78 Å². The summed E-state index contributed by atoms with van der Waals surface area (Å²) in [6, 6.07) is 0. The van der Waals surface area contributed by atoms with Crippen LogP contribution in [0.2, 0.25) is 0 Å². The minimum Gasteiger partial charge on any atom is -0.368 e. The molecule has 0 aromatic heterocycles. The Morgan fingerprint density at radius 2 is 2.08 bits per heavy atom. The Hall–Kier alpha value is -0.410. The monoisotopic (exact) mass is 173 g/mol. The predicted octanol–water partition coefficient (Wildman–Crippen LogP) is 0.980. The van der Waals surface area contributed by atoms with Crippen molar-refractivity contribution < 1.29 is 9.53 Å². The van der Waals surface area contributed by atoms with E-state index in [9.17, 15) is 4.79 Å².